The van der Waals surface area contributed by atoms with Gasteiger partial charge in [-0.05, 0) is 60.4 Å². The fourth-order valence-corrected chi connectivity index (χ4v) is 3.75. The number of fused-ring (bicyclic) bond motifs is 1. The molecule has 4 rings (SSSR count). The fourth-order valence-electron chi connectivity index (χ4n) is 3.75. The van der Waals surface area contributed by atoms with E-state index in [4.69, 9.17) is 4.74 Å². The number of phenolic OH excluding ortho intramolecular Hbond substituents is 1. The Hall–Kier alpha value is -3.90. The Morgan fingerprint density at radius 3 is 2.67 bits per heavy atom. The normalized spacial score (nSPS) is 10.8. The molecule has 3 N–H and O–H groups in total. The lowest BCUT2D eigenvalue weighted by Gasteiger charge is -2.14. The molecule has 1 heterocycles. The van der Waals surface area contributed by atoms with Crippen molar-refractivity contribution in [3.63, 3.8) is 0 Å². The van der Waals surface area contributed by atoms with Crippen LogP contribution in [0.5, 0.6) is 11.5 Å². The summed E-state index contributed by atoms with van der Waals surface area (Å²) >= 11 is 0. The van der Waals surface area contributed by atoms with Crippen molar-refractivity contribution in [1.82, 2.24) is 10.3 Å². The van der Waals surface area contributed by atoms with Gasteiger partial charge in [0, 0.05) is 29.3 Å². The second-order valence-electron chi connectivity index (χ2n) is 7.70. The lowest BCUT2D eigenvalue weighted by molar-refractivity contribution is 0.0952. The summed E-state index contributed by atoms with van der Waals surface area (Å²) in [6, 6.07) is 22.6. The van der Waals surface area contributed by atoms with Crippen LogP contribution in [-0.4, -0.2) is 40.9 Å². The van der Waals surface area contributed by atoms with Crippen LogP contribution in [0.15, 0.2) is 79.0 Å². The smallest absolute Gasteiger partial charge is 0.251 e. The van der Waals surface area contributed by atoms with E-state index in [-0.39, 0.29) is 24.9 Å². The van der Waals surface area contributed by atoms with Crippen molar-refractivity contribution in [1.29, 1.82) is 0 Å². The lowest BCUT2D eigenvalue weighted by Crippen LogP contribution is -2.24. The molecule has 0 aliphatic carbocycles. The molecule has 0 radical (unpaired) electrons. The van der Waals surface area contributed by atoms with Crippen LogP contribution >= 0.6 is 0 Å². The number of ether oxygens (including phenoxy) is 1. The zero-order valence-corrected chi connectivity index (χ0v) is 18.2. The van der Waals surface area contributed by atoms with Gasteiger partial charge in [0.05, 0.1) is 6.61 Å². The number of phenols is 1. The first-order chi connectivity index (χ1) is 16.2. The van der Waals surface area contributed by atoms with Gasteiger partial charge in [-0.15, -0.1) is 0 Å². The molecule has 0 saturated carbocycles. The number of aryl methyl sites for hydroxylation is 1. The first kappa shape index (κ1) is 22.3. The number of carbonyl (C=O) groups is 1. The van der Waals surface area contributed by atoms with Crippen LogP contribution in [0.3, 0.4) is 0 Å². The molecule has 6 nitrogen and oxygen atoms in total. The number of hydrogen-bond donors (Lipinski definition) is 3. The van der Waals surface area contributed by atoms with Crippen molar-refractivity contribution in [2.75, 3.05) is 19.8 Å². The SMILES string of the molecule is O=C(NCCCc1ccccc1)c1ccc(-c2cc(O)c3ncccc3c2)c(OCCO)c1. The largest absolute Gasteiger partial charge is 0.506 e. The maximum atomic E-state index is 12.7. The van der Waals surface area contributed by atoms with E-state index in [9.17, 15) is 15.0 Å². The van der Waals surface area contributed by atoms with Crippen molar-refractivity contribution in [3.05, 3.63) is 90.1 Å². The van der Waals surface area contributed by atoms with Gasteiger partial charge in [0.1, 0.15) is 23.6 Å². The van der Waals surface area contributed by atoms with Gasteiger partial charge in [-0.25, -0.2) is 0 Å². The van der Waals surface area contributed by atoms with E-state index in [1.807, 2.05) is 30.3 Å². The number of nitrogens with one attached hydrogen (secondary N) is 1. The zero-order valence-electron chi connectivity index (χ0n) is 18.2. The molecule has 6 heteroatoms. The quantitative estimate of drug-likeness (QED) is 0.336. The summed E-state index contributed by atoms with van der Waals surface area (Å²) < 4.78 is 5.74. The number of rotatable bonds is 9. The molecular formula is C27H26N2O4. The number of pyridine rings is 1. The van der Waals surface area contributed by atoms with Crippen molar-refractivity contribution >= 4 is 16.8 Å². The van der Waals surface area contributed by atoms with Gasteiger partial charge >= 0.3 is 0 Å². The summed E-state index contributed by atoms with van der Waals surface area (Å²) in [5.41, 5.74) is 3.68. The molecule has 0 atom stereocenters. The van der Waals surface area contributed by atoms with Crippen LogP contribution in [-0.2, 0) is 6.42 Å². The molecule has 0 saturated heterocycles. The molecule has 0 bridgehead atoms. The summed E-state index contributed by atoms with van der Waals surface area (Å²) in [7, 11) is 0. The van der Waals surface area contributed by atoms with Crippen LogP contribution in [0.25, 0.3) is 22.0 Å². The third-order valence-corrected chi connectivity index (χ3v) is 5.36. The number of benzene rings is 3. The van der Waals surface area contributed by atoms with Crippen LogP contribution in [0.4, 0.5) is 0 Å². The number of aliphatic hydroxyl groups is 1. The minimum atomic E-state index is -0.186. The van der Waals surface area contributed by atoms with Gasteiger partial charge in [0.25, 0.3) is 5.91 Å². The minimum absolute atomic E-state index is 0.0662. The monoisotopic (exact) mass is 442 g/mol. The van der Waals surface area contributed by atoms with E-state index >= 15 is 0 Å². The molecule has 0 aliphatic heterocycles. The van der Waals surface area contributed by atoms with E-state index in [1.165, 1.54) is 5.56 Å². The third-order valence-electron chi connectivity index (χ3n) is 5.36. The van der Waals surface area contributed by atoms with E-state index in [0.717, 1.165) is 23.8 Å². The van der Waals surface area contributed by atoms with Crippen molar-refractivity contribution in [3.8, 4) is 22.6 Å². The maximum Gasteiger partial charge on any atom is 0.251 e. The maximum absolute atomic E-state index is 12.7. The van der Waals surface area contributed by atoms with Crippen LogP contribution in [0.2, 0.25) is 0 Å². The van der Waals surface area contributed by atoms with Gasteiger partial charge in [0.2, 0.25) is 0 Å². The molecule has 33 heavy (non-hydrogen) atoms. The van der Waals surface area contributed by atoms with Gasteiger partial charge < -0.3 is 20.3 Å². The number of carbonyl (C=O) groups excluding carboxylic acids is 1. The molecule has 4 aromatic rings. The van der Waals surface area contributed by atoms with Crippen LogP contribution < -0.4 is 10.1 Å². The summed E-state index contributed by atoms with van der Waals surface area (Å²) in [6.45, 7) is 0.506. The van der Waals surface area contributed by atoms with Crippen molar-refractivity contribution in [2.24, 2.45) is 0 Å². The number of amides is 1. The number of aromatic hydroxyl groups is 1. The average Bonchev–Trinajstić information content (AvgIpc) is 2.85. The highest BCUT2D eigenvalue weighted by Crippen LogP contribution is 2.36. The Morgan fingerprint density at radius 1 is 1.00 bits per heavy atom. The number of nitrogens with zero attached hydrogens (tertiary/aromatic N) is 1. The molecule has 1 aromatic heterocycles. The third kappa shape index (κ3) is 5.48. The van der Waals surface area contributed by atoms with Crippen molar-refractivity contribution < 1.29 is 19.7 Å². The fraction of sp³-hybridized carbons (Fsp3) is 0.185. The number of aliphatic hydroxyl groups excluding tert-OH is 1. The summed E-state index contributed by atoms with van der Waals surface area (Å²) in [4.78, 5) is 16.9. The Bertz CT molecular complexity index is 1240. The topological polar surface area (TPSA) is 91.7 Å². The highest BCUT2D eigenvalue weighted by Gasteiger charge is 2.14. The van der Waals surface area contributed by atoms with E-state index < -0.39 is 0 Å². The predicted octanol–water partition coefficient (Wildman–Crippen LogP) is 4.34. The Labute approximate surface area is 192 Å². The van der Waals surface area contributed by atoms with E-state index in [1.54, 1.807) is 36.5 Å². The molecule has 0 fully saturated rings. The molecule has 0 aliphatic rings. The Kier molecular flexibility index (Phi) is 7.17. The molecule has 0 unspecified atom stereocenters. The highest BCUT2D eigenvalue weighted by atomic mass is 16.5. The average molecular weight is 443 g/mol. The minimum Gasteiger partial charge on any atom is -0.506 e. The molecular weight excluding hydrogens is 416 g/mol. The second kappa shape index (κ2) is 10.6. The first-order valence-electron chi connectivity index (χ1n) is 10.9. The summed E-state index contributed by atoms with van der Waals surface area (Å²) in [6.07, 6.45) is 3.36. The molecule has 0 spiro atoms. The Balaban J connectivity index is 1.52. The zero-order chi connectivity index (χ0) is 23.0. The first-order valence-corrected chi connectivity index (χ1v) is 10.9. The van der Waals surface area contributed by atoms with Crippen LogP contribution in [0, 0.1) is 0 Å². The van der Waals surface area contributed by atoms with Gasteiger partial charge in [-0.2, -0.15) is 0 Å². The lowest BCUT2D eigenvalue weighted by atomic mass is 10.00. The van der Waals surface area contributed by atoms with Crippen molar-refractivity contribution in [2.45, 2.75) is 12.8 Å². The predicted molar refractivity (Wildman–Crippen MR) is 129 cm³/mol. The van der Waals surface area contributed by atoms with Gasteiger partial charge in [0.15, 0.2) is 0 Å². The van der Waals surface area contributed by atoms with Gasteiger partial charge in [-0.1, -0.05) is 36.4 Å². The second-order valence-corrected chi connectivity index (χ2v) is 7.70. The van der Waals surface area contributed by atoms with E-state index in [2.05, 4.69) is 22.4 Å². The van der Waals surface area contributed by atoms with E-state index in [0.29, 0.717) is 28.9 Å². The standard InChI is InChI=1S/C27H26N2O4/c30-14-15-33-25-18-21(27(32)29-13-4-8-19-6-2-1-3-7-19)10-11-23(25)22-16-20-9-5-12-28-26(20)24(31)17-22/h1-3,5-7,9-12,16-18,30-31H,4,8,13-15H2,(H,29,32). The summed E-state index contributed by atoms with van der Waals surface area (Å²) in [5.74, 6) is 0.342. The van der Waals surface area contributed by atoms with Crippen LogP contribution in [0.1, 0.15) is 22.3 Å². The highest BCUT2D eigenvalue weighted by molar-refractivity contribution is 5.96. The van der Waals surface area contributed by atoms with Gasteiger partial charge in [-0.3, -0.25) is 9.78 Å². The molecule has 3 aromatic carbocycles. The molecule has 1 amide bonds. The summed E-state index contributed by atoms with van der Waals surface area (Å²) in [5, 5.41) is 23.4. The Morgan fingerprint density at radius 2 is 1.85 bits per heavy atom. The molecule has 168 valence electrons. The number of aromatic nitrogens is 1. The number of hydrogen-bond acceptors (Lipinski definition) is 5.